The van der Waals surface area contributed by atoms with E-state index in [4.69, 9.17) is 0 Å². The zero-order valence-corrected chi connectivity index (χ0v) is 20.2. The van der Waals surface area contributed by atoms with Crippen LogP contribution in [0.15, 0.2) is 48.5 Å². The Morgan fingerprint density at radius 3 is 2.57 bits per heavy atom. The lowest BCUT2D eigenvalue weighted by Gasteiger charge is -2.24. The molecule has 2 aliphatic heterocycles. The van der Waals surface area contributed by atoms with Gasteiger partial charge in [0.25, 0.3) is 5.91 Å². The zero-order valence-electron chi connectivity index (χ0n) is 20.2. The van der Waals surface area contributed by atoms with Gasteiger partial charge in [0.05, 0.1) is 12.3 Å². The van der Waals surface area contributed by atoms with E-state index in [1.165, 1.54) is 12.8 Å². The molecule has 2 heterocycles. The molecule has 2 aromatic carbocycles. The molecule has 0 radical (unpaired) electrons. The highest BCUT2D eigenvalue weighted by Gasteiger charge is 2.31. The Hall–Kier alpha value is -3.19. The van der Waals surface area contributed by atoms with Gasteiger partial charge < -0.3 is 20.6 Å². The Morgan fingerprint density at radius 1 is 1.06 bits per heavy atom. The average molecular weight is 478 g/mol. The number of carboxylic acids is 1. The number of nitrogens with zero attached hydrogens (tertiary/aromatic N) is 1. The van der Waals surface area contributed by atoms with Crippen molar-refractivity contribution in [3.63, 3.8) is 0 Å². The number of fused-ring (bicyclic) bond motifs is 1. The molecule has 2 aromatic rings. The predicted molar refractivity (Wildman–Crippen MR) is 134 cm³/mol. The fourth-order valence-electron chi connectivity index (χ4n) is 5.18. The molecule has 0 aliphatic carbocycles. The highest BCUT2D eigenvalue weighted by Crippen LogP contribution is 2.27. The Morgan fingerprint density at radius 2 is 1.83 bits per heavy atom. The van der Waals surface area contributed by atoms with E-state index in [2.05, 4.69) is 10.6 Å². The van der Waals surface area contributed by atoms with Gasteiger partial charge in [-0.2, -0.15) is 0 Å². The minimum absolute atomic E-state index is 0.121. The molecule has 2 amide bonds. The number of piperidine rings is 1. The Kier molecular flexibility index (Phi) is 8.53. The predicted octanol–water partition coefficient (Wildman–Crippen LogP) is 3.37. The maximum Gasteiger partial charge on any atom is 0.304 e. The first-order chi connectivity index (χ1) is 17.0. The number of carbonyl (C=O) groups is 3. The number of rotatable bonds is 9. The molecule has 7 heteroatoms. The van der Waals surface area contributed by atoms with E-state index in [-0.39, 0.29) is 18.2 Å². The molecule has 0 aromatic heterocycles. The van der Waals surface area contributed by atoms with Crippen LogP contribution in [0.2, 0.25) is 0 Å². The molecular weight excluding hydrogens is 442 g/mol. The fraction of sp³-hybridized carbons (Fsp3) is 0.464. The Balaban J connectivity index is 1.43. The van der Waals surface area contributed by atoms with Gasteiger partial charge in [0, 0.05) is 25.2 Å². The molecule has 1 unspecified atom stereocenters. The van der Waals surface area contributed by atoms with E-state index in [0.29, 0.717) is 31.6 Å². The lowest BCUT2D eigenvalue weighted by atomic mass is 9.92. The maximum atomic E-state index is 13.3. The molecule has 0 saturated carbocycles. The summed E-state index contributed by atoms with van der Waals surface area (Å²) in [7, 11) is 0. The van der Waals surface area contributed by atoms with Gasteiger partial charge in [0.15, 0.2) is 0 Å². The molecule has 7 nitrogen and oxygen atoms in total. The number of hydrogen-bond acceptors (Lipinski definition) is 4. The number of benzene rings is 2. The highest BCUT2D eigenvalue weighted by atomic mass is 16.4. The molecule has 1 saturated heterocycles. The van der Waals surface area contributed by atoms with Crippen LogP contribution in [0, 0.1) is 11.8 Å². The van der Waals surface area contributed by atoms with Gasteiger partial charge >= 0.3 is 5.97 Å². The summed E-state index contributed by atoms with van der Waals surface area (Å²) in [4.78, 5) is 39.3. The SMILES string of the molecule is O=C(O)CC1Cc2cc(C(=O)NCCCC3CCNCC3)ccc2CN(Cc2ccccc2)C1=O. The van der Waals surface area contributed by atoms with Crippen LogP contribution in [0.3, 0.4) is 0 Å². The van der Waals surface area contributed by atoms with Crippen molar-refractivity contribution in [2.75, 3.05) is 19.6 Å². The maximum absolute atomic E-state index is 13.3. The van der Waals surface area contributed by atoms with Crippen molar-refractivity contribution in [3.8, 4) is 0 Å². The van der Waals surface area contributed by atoms with E-state index >= 15 is 0 Å². The van der Waals surface area contributed by atoms with Crippen LogP contribution < -0.4 is 10.6 Å². The summed E-state index contributed by atoms with van der Waals surface area (Å²) in [5.41, 5.74) is 3.40. The molecule has 0 spiro atoms. The van der Waals surface area contributed by atoms with Gasteiger partial charge in [-0.25, -0.2) is 0 Å². The number of carboxylic acid groups (broad SMARTS) is 1. The molecular formula is C28H35N3O4. The summed E-state index contributed by atoms with van der Waals surface area (Å²) >= 11 is 0. The second-order valence-corrected chi connectivity index (χ2v) is 9.75. The van der Waals surface area contributed by atoms with E-state index in [0.717, 1.165) is 48.5 Å². The van der Waals surface area contributed by atoms with E-state index in [1.807, 2.05) is 48.5 Å². The number of amides is 2. The summed E-state index contributed by atoms with van der Waals surface area (Å²) in [6.07, 6.45) is 4.60. The first kappa shape index (κ1) is 24.9. The second kappa shape index (κ2) is 12.0. The fourth-order valence-corrected chi connectivity index (χ4v) is 5.18. The van der Waals surface area contributed by atoms with Crippen LogP contribution >= 0.6 is 0 Å². The summed E-state index contributed by atoms with van der Waals surface area (Å²) in [6.45, 7) is 3.64. The molecule has 35 heavy (non-hydrogen) atoms. The molecule has 2 aliphatic rings. The number of carbonyl (C=O) groups excluding carboxylic acids is 2. The third-order valence-corrected chi connectivity index (χ3v) is 7.13. The van der Waals surface area contributed by atoms with E-state index in [1.54, 1.807) is 4.90 Å². The molecule has 4 rings (SSSR count). The number of hydrogen-bond donors (Lipinski definition) is 3. The van der Waals surface area contributed by atoms with Crippen LogP contribution in [0.5, 0.6) is 0 Å². The lowest BCUT2D eigenvalue weighted by Crippen LogP contribution is -2.35. The van der Waals surface area contributed by atoms with Crippen LogP contribution in [0.25, 0.3) is 0 Å². The van der Waals surface area contributed by atoms with Crippen LogP contribution in [0.4, 0.5) is 0 Å². The topological polar surface area (TPSA) is 98.7 Å². The smallest absolute Gasteiger partial charge is 0.304 e. The third-order valence-electron chi connectivity index (χ3n) is 7.13. The van der Waals surface area contributed by atoms with Gasteiger partial charge in [0.1, 0.15) is 0 Å². The minimum Gasteiger partial charge on any atom is -0.481 e. The Labute approximate surface area is 206 Å². The highest BCUT2D eigenvalue weighted by molar-refractivity contribution is 5.94. The largest absolute Gasteiger partial charge is 0.481 e. The van der Waals surface area contributed by atoms with Gasteiger partial charge in [0.2, 0.25) is 5.91 Å². The van der Waals surface area contributed by atoms with Crippen molar-refractivity contribution < 1.29 is 19.5 Å². The first-order valence-corrected chi connectivity index (χ1v) is 12.6. The van der Waals surface area contributed by atoms with Gasteiger partial charge in [-0.3, -0.25) is 14.4 Å². The van der Waals surface area contributed by atoms with Crippen LogP contribution in [-0.2, 0) is 29.1 Å². The number of aliphatic carboxylic acids is 1. The molecule has 1 atom stereocenters. The second-order valence-electron chi connectivity index (χ2n) is 9.75. The zero-order chi connectivity index (χ0) is 24.6. The minimum atomic E-state index is -0.992. The van der Waals surface area contributed by atoms with Crippen molar-refractivity contribution in [1.29, 1.82) is 0 Å². The van der Waals surface area contributed by atoms with Gasteiger partial charge in [-0.05, 0) is 79.9 Å². The summed E-state index contributed by atoms with van der Waals surface area (Å²) in [6, 6.07) is 15.3. The van der Waals surface area contributed by atoms with Gasteiger partial charge in [-0.15, -0.1) is 0 Å². The molecule has 0 bridgehead atoms. The molecule has 186 valence electrons. The average Bonchev–Trinajstić information content (AvgIpc) is 2.98. The van der Waals surface area contributed by atoms with Crippen molar-refractivity contribution in [2.45, 2.75) is 51.6 Å². The summed E-state index contributed by atoms with van der Waals surface area (Å²) in [5.74, 6) is -1.18. The van der Waals surface area contributed by atoms with Gasteiger partial charge in [-0.1, -0.05) is 36.4 Å². The molecule has 3 N–H and O–H groups in total. The van der Waals surface area contributed by atoms with Crippen LogP contribution in [0.1, 0.15) is 59.2 Å². The van der Waals surface area contributed by atoms with E-state index in [9.17, 15) is 19.5 Å². The summed E-state index contributed by atoms with van der Waals surface area (Å²) < 4.78 is 0. The van der Waals surface area contributed by atoms with Crippen molar-refractivity contribution in [1.82, 2.24) is 15.5 Å². The normalized spacial score (nSPS) is 18.6. The van der Waals surface area contributed by atoms with Crippen LogP contribution in [-0.4, -0.2) is 47.4 Å². The van der Waals surface area contributed by atoms with Crippen molar-refractivity contribution in [3.05, 3.63) is 70.8 Å². The van der Waals surface area contributed by atoms with Crippen molar-refractivity contribution in [2.24, 2.45) is 11.8 Å². The van der Waals surface area contributed by atoms with E-state index < -0.39 is 11.9 Å². The number of nitrogens with one attached hydrogen (secondary N) is 2. The third kappa shape index (κ3) is 6.92. The monoisotopic (exact) mass is 477 g/mol. The summed E-state index contributed by atoms with van der Waals surface area (Å²) in [5, 5.41) is 15.8. The first-order valence-electron chi connectivity index (χ1n) is 12.6. The quantitative estimate of drug-likeness (QED) is 0.481. The molecule has 1 fully saturated rings. The standard InChI is InChI=1S/C28H35N3O4/c32-26(33)17-25-16-24-15-22(27(34)30-12-4-7-20-10-13-29-14-11-20)8-9-23(24)19-31(28(25)35)18-21-5-2-1-3-6-21/h1-3,5-6,8-9,15,20,25,29H,4,7,10-14,16-19H2,(H,30,34)(H,32,33). The van der Waals surface area contributed by atoms with Crippen molar-refractivity contribution >= 4 is 17.8 Å². The lowest BCUT2D eigenvalue weighted by molar-refractivity contribution is -0.144. The Bertz CT molecular complexity index is 1030.